The number of rotatable bonds is 6. The molecule has 0 bridgehead atoms. The van der Waals surface area contributed by atoms with Gasteiger partial charge in [0.25, 0.3) is 0 Å². The van der Waals surface area contributed by atoms with Crippen molar-refractivity contribution >= 4 is 28.7 Å². The average Bonchev–Trinajstić information content (AvgIpc) is 2.98. The molecule has 6 nitrogen and oxygen atoms in total. The molecule has 21 heavy (non-hydrogen) atoms. The number of nitro benzene ring substituents is 1. The Hall–Kier alpha value is -2.41. The van der Waals surface area contributed by atoms with E-state index in [-0.39, 0.29) is 17.3 Å². The molecule has 1 aromatic heterocycles. The van der Waals surface area contributed by atoms with Crippen LogP contribution in [0.5, 0.6) is 0 Å². The van der Waals surface area contributed by atoms with E-state index in [1.54, 1.807) is 11.3 Å². The lowest BCUT2D eigenvalue weighted by molar-refractivity contribution is -0.384. The van der Waals surface area contributed by atoms with E-state index >= 15 is 0 Å². The van der Waals surface area contributed by atoms with Crippen LogP contribution >= 0.6 is 11.3 Å². The zero-order valence-electron chi connectivity index (χ0n) is 11.3. The van der Waals surface area contributed by atoms with E-state index in [2.05, 4.69) is 5.32 Å². The number of carbonyl (C=O) groups is 1. The molecule has 7 heteroatoms. The molecule has 0 aliphatic heterocycles. The van der Waals surface area contributed by atoms with E-state index in [1.807, 2.05) is 24.4 Å². The van der Waals surface area contributed by atoms with Gasteiger partial charge in [-0.3, -0.25) is 10.1 Å². The summed E-state index contributed by atoms with van der Waals surface area (Å²) in [7, 11) is 0. The molecule has 1 aromatic carbocycles. The SMILES string of the molecule is CCC(Nc1cccc(C(=O)O)c1[N+](=O)[O-])c1cccs1. The number of nitro groups is 1. The Kier molecular flexibility index (Phi) is 4.54. The summed E-state index contributed by atoms with van der Waals surface area (Å²) in [6, 6.07) is 8.02. The zero-order chi connectivity index (χ0) is 15.4. The molecule has 1 heterocycles. The van der Waals surface area contributed by atoms with E-state index in [4.69, 9.17) is 5.11 Å². The maximum atomic E-state index is 11.2. The number of thiophene rings is 1. The van der Waals surface area contributed by atoms with E-state index in [0.717, 1.165) is 11.3 Å². The topological polar surface area (TPSA) is 92.5 Å². The molecule has 0 aliphatic carbocycles. The Bertz CT molecular complexity index is 655. The first-order valence-corrected chi connectivity index (χ1v) is 7.23. The summed E-state index contributed by atoms with van der Waals surface area (Å²) in [4.78, 5) is 22.7. The van der Waals surface area contributed by atoms with Gasteiger partial charge in [-0.15, -0.1) is 11.3 Å². The van der Waals surface area contributed by atoms with Gasteiger partial charge in [0.15, 0.2) is 0 Å². The van der Waals surface area contributed by atoms with Crippen molar-refractivity contribution in [1.29, 1.82) is 0 Å². The predicted octanol–water partition coefficient (Wildman–Crippen LogP) is 3.92. The number of nitrogens with one attached hydrogen (secondary N) is 1. The van der Waals surface area contributed by atoms with Crippen LogP contribution in [0.4, 0.5) is 11.4 Å². The van der Waals surface area contributed by atoms with Crippen molar-refractivity contribution in [2.75, 3.05) is 5.32 Å². The number of nitrogens with zero attached hydrogens (tertiary/aromatic N) is 1. The second kappa shape index (κ2) is 6.36. The summed E-state index contributed by atoms with van der Waals surface area (Å²) in [6.07, 6.45) is 0.731. The lowest BCUT2D eigenvalue weighted by Gasteiger charge is -2.17. The van der Waals surface area contributed by atoms with Gasteiger partial charge in [-0.2, -0.15) is 0 Å². The summed E-state index contributed by atoms with van der Waals surface area (Å²) >= 11 is 1.55. The largest absolute Gasteiger partial charge is 0.477 e. The molecule has 2 N–H and O–H groups in total. The van der Waals surface area contributed by atoms with Gasteiger partial charge < -0.3 is 10.4 Å². The van der Waals surface area contributed by atoms with Gasteiger partial charge in [-0.25, -0.2) is 4.79 Å². The molecule has 0 radical (unpaired) electrons. The molecule has 0 saturated carbocycles. The van der Waals surface area contributed by atoms with Crippen LogP contribution < -0.4 is 5.32 Å². The first kappa shape index (κ1) is 15.0. The predicted molar refractivity (Wildman–Crippen MR) is 81.0 cm³/mol. The van der Waals surface area contributed by atoms with Crippen molar-refractivity contribution in [2.24, 2.45) is 0 Å². The zero-order valence-corrected chi connectivity index (χ0v) is 12.1. The first-order valence-electron chi connectivity index (χ1n) is 6.35. The number of carboxylic acid groups (broad SMARTS) is 1. The third-order valence-electron chi connectivity index (χ3n) is 3.07. The van der Waals surface area contributed by atoms with Crippen LogP contribution in [0.1, 0.15) is 34.6 Å². The summed E-state index contributed by atoms with van der Waals surface area (Å²) in [5.41, 5.74) is -0.494. The maximum Gasteiger partial charge on any atom is 0.342 e. The number of hydrogen-bond acceptors (Lipinski definition) is 5. The summed E-state index contributed by atoms with van der Waals surface area (Å²) < 4.78 is 0. The molecular weight excluding hydrogens is 292 g/mol. The number of aromatic carboxylic acids is 1. The molecular formula is C14H14N2O4S. The third kappa shape index (κ3) is 3.19. The minimum Gasteiger partial charge on any atom is -0.477 e. The van der Waals surface area contributed by atoms with E-state index in [1.165, 1.54) is 18.2 Å². The highest BCUT2D eigenvalue weighted by molar-refractivity contribution is 7.10. The third-order valence-corrected chi connectivity index (χ3v) is 4.06. The monoisotopic (exact) mass is 306 g/mol. The van der Waals surface area contributed by atoms with Crippen molar-refractivity contribution in [3.63, 3.8) is 0 Å². The molecule has 0 amide bonds. The van der Waals surface area contributed by atoms with Crippen LogP contribution in [-0.4, -0.2) is 16.0 Å². The molecule has 1 unspecified atom stereocenters. The van der Waals surface area contributed by atoms with Crippen LogP contribution in [0, 0.1) is 10.1 Å². The molecule has 0 spiro atoms. The highest BCUT2D eigenvalue weighted by atomic mass is 32.1. The maximum absolute atomic E-state index is 11.2. The second-order valence-corrected chi connectivity index (χ2v) is 5.36. The Balaban J connectivity index is 2.42. The van der Waals surface area contributed by atoms with Crippen molar-refractivity contribution < 1.29 is 14.8 Å². The minimum atomic E-state index is -1.31. The van der Waals surface area contributed by atoms with E-state index in [9.17, 15) is 14.9 Å². The molecule has 2 aromatic rings. The van der Waals surface area contributed by atoms with Gasteiger partial charge in [0.1, 0.15) is 11.3 Å². The van der Waals surface area contributed by atoms with Crippen molar-refractivity contribution in [2.45, 2.75) is 19.4 Å². The Morgan fingerprint density at radius 3 is 2.71 bits per heavy atom. The van der Waals surface area contributed by atoms with Crippen molar-refractivity contribution in [3.8, 4) is 0 Å². The molecule has 0 saturated heterocycles. The van der Waals surface area contributed by atoms with E-state index < -0.39 is 16.6 Å². The first-order chi connectivity index (χ1) is 10.0. The molecule has 1 atom stereocenters. The number of hydrogen-bond donors (Lipinski definition) is 2. The standard InChI is InChI=1S/C14H14N2O4S/c1-2-10(12-7-4-8-21-12)15-11-6-3-5-9(14(17)18)13(11)16(19)20/h3-8,10,15H,2H2,1H3,(H,17,18). The fourth-order valence-corrected chi connectivity index (χ4v) is 2.94. The highest BCUT2D eigenvalue weighted by Gasteiger charge is 2.25. The molecule has 2 rings (SSSR count). The summed E-state index contributed by atoms with van der Waals surface area (Å²) in [5, 5.41) is 25.3. The normalized spacial score (nSPS) is 11.9. The lowest BCUT2D eigenvalue weighted by atomic mass is 10.1. The Labute approximate surface area is 125 Å². The fourth-order valence-electron chi connectivity index (χ4n) is 2.08. The van der Waals surface area contributed by atoms with Crippen molar-refractivity contribution in [3.05, 3.63) is 56.3 Å². The Morgan fingerprint density at radius 1 is 1.43 bits per heavy atom. The quantitative estimate of drug-likeness (QED) is 0.623. The fraction of sp³-hybridized carbons (Fsp3) is 0.214. The van der Waals surface area contributed by atoms with Gasteiger partial charge in [0.2, 0.25) is 0 Å². The van der Waals surface area contributed by atoms with E-state index in [0.29, 0.717) is 0 Å². The minimum absolute atomic E-state index is 0.0901. The number of carboxylic acids is 1. The van der Waals surface area contributed by atoms with Crippen molar-refractivity contribution in [1.82, 2.24) is 0 Å². The van der Waals surface area contributed by atoms with Crippen LogP contribution in [0.25, 0.3) is 0 Å². The Morgan fingerprint density at radius 2 is 2.19 bits per heavy atom. The smallest absolute Gasteiger partial charge is 0.342 e. The van der Waals surface area contributed by atoms with Gasteiger partial charge >= 0.3 is 11.7 Å². The van der Waals surface area contributed by atoms with Gasteiger partial charge in [0, 0.05) is 4.88 Å². The van der Waals surface area contributed by atoms with Crippen LogP contribution in [0.2, 0.25) is 0 Å². The van der Waals surface area contributed by atoms with Gasteiger partial charge in [-0.1, -0.05) is 19.1 Å². The summed E-state index contributed by atoms with van der Waals surface area (Å²) in [6.45, 7) is 1.96. The molecule has 110 valence electrons. The number of anilines is 1. The molecule has 0 fully saturated rings. The highest BCUT2D eigenvalue weighted by Crippen LogP contribution is 2.33. The van der Waals surface area contributed by atoms with Crippen LogP contribution in [0.15, 0.2) is 35.7 Å². The average molecular weight is 306 g/mol. The summed E-state index contributed by atoms with van der Waals surface area (Å²) in [5.74, 6) is -1.31. The van der Waals surface area contributed by atoms with Gasteiger partial charge in [0.05, 0.1) is 11.0 Å². The molecule has 0 aliphatic rings. The number of para-hydroxylation sites is 1. The lowest BCUT2D eigenvalue weighted by Crippen LogP contribution is -2.12. The van der Waals surface area contributed by atoms with Crippen LogP contribution in [0.3, 0.4) is 0 Å². The second-order valence-electron chi connectivity index (χ2n) is 4.38. The number of benzene rings is 1. The van der Waals surface area contributed by atoms with Gasteiger partial charge in [-0.05, 0) is 30.0 Å². The van der Waals surface area contributed by atoms with Crippen LogP contribution in [-0.2, 0) is 0 Å².